The highest BCUT2D eigenvalue weighted by Crippen LogP contribution is 2.29. The van der Waals surface area contributed by atoms with Gasteiger partial charge in [-0.1, -0.05) is 56.7 Å². The van der Waals surface area contributed by atoms with Gasteiger partial charge in [0.15, 0.2) is 5.65 Å². The smallest absolute Gasteiger partial charge is 0.230 e. The van der Waals surface area contributed by atoms with Crippen LogP contribution in [0.15, 0.2) is 29.4 Å². The van der Waals surface area contributed by atoms with Crippen molar-refractivity contribution in [2.24, 2.45) is 11.8 Å². The Labute approximate surface area is 156 Å². The van der Waals surface area contributed by atoms with Crippen molar-refractivity contribution in [3.8, 4) is 0 Å². The number of hydrogen-bond donors (Lipinski definition) is 2. The van der Waals surface area contributed by atoms with Gasteiger partial charge in [0.1, 0.15) is 5.52 Å². The fourth-order valence-electron chi connectivity index (χ4n) is 3.73. The Kier molecular flexibility index (Phi) is 4.80. The van der Waals surface area contributed by atoms with E-state index in [-0.39, 0.29) is 11.9 Å². The zero-order valence-electron chi connectivity index (χ0n) is 15.0. The van der Waals surface area contributed by atoms with Gasteiger partial charge in [-0.2, -0.15) is 0 Å². The fourth-order valence-corrected chi connectivity index (χ4v) is 4.33. The molecule has 3 atom stereocenters. The van der Waals surface area contributed by atoms with Crippen LogP contribution in [-0.2, 0) is 4.79 Å². The van der Waals surface area contributed by atoms with Gasteiger partial charge in [-0.25, -0.2) is 4.98 Å². The summed E-state index contributed by atoms with van der Waals surface area (Å²) in [5, 5.41) is 13.2. The number of thioether (sulfide) groups is 1. The molecule has 0 saturated heterocycles. The molecule has 1 amide bonds. The van der Waals surface area contributed by atoms with Crippen molar-refractivity contribution in [3.05, 3.63) is 24.3 Å². The first-order valence-electron chi connectivity index (χ1n) is 9.15. The molecule has 1 saturated carbocycles. The quantitative estimate of drug-likeness (QED) is 0.687. The normalized spacial score (nSPS) is 23.4. The molecule has 2 aromatic heterocycles. The van der Waals surface area contributed by atoms with E-state index >= 15 is 0 Å². The van der Waals surface area contributed by atoms with E-state index < -0.39 is 0 Å². The van der Waals surface area contributed by atoms with Gasteiger partial charge in [-0.15, -0.1) is 10.2 Å². The first-order valence-corrected chi connectivity index (χ1v) is 10.1. The first kappa shape index (κ1) is 17.3. The largest absolute Gasteiger partial charge is 0.352 e. The van der Waals surface area contributed by atoms with Gasteiger partial charge in [0.05, 0.1) is 5.75 Å². The van der Waals surface area contributed by atoms with Crippen molar-refractivity contribution in [2.45, 2.75) is 44.3 Å². The molecule has 1 aliphatic carbocycles. The number of aromatic amines is 1. The van der Waals surface area contributed by atoms with Crippen molar-refractivity contribution < 1.29 is 4.79 Å². The van der Waals surface area contributed by atoms with Gasteiger partial charge in [0.2, 0.25) is 11.1 Å². The predicted molar refractivity (Wildman–Crippen MR) is 104 cm³/mol. The second-order valence-electron chi connectivity index (χ2n) is 7.19. The number of hydrogen-bond acceptors (Lipinski definition) is 5. The lowest BCUT2D eigenvalue weighted by molar-refractivity contribution is -0.120. The molecular formula is C19H23N5OS. The number of fused-ring (bicyclic) bond motifs is 3. The van der Waals surface area contributed by atoms with E-state index in [0.29, 0.717) is 28.4 Å². The van der Waals surface area contributed by atoms with E-state index in [2.05, 4.69) is 39.3 Å². The Bertz CT molecular complexity index is 940. The van der Waals surface area contributed by atoms with Gasteiger partial charge < -0.3 is 10.3 Å². The number of amides is 1. The molecule has 26 heavy (non-hydrogen) atoms. The van der Waals surface area contributed by atoms with Crippen molar-refractivity contribution in [1.82, 2.24) is 25.5 Å². The topological polar surface area (TPSA) is 83.6 Å². The van der Waals surface area contributed by atoms with E-state index in [9.17, 15) is 4.79 Å². The van der Waals surface area contributed by atoms with Crippen LogP contribution in [0, 0.1) is 11.8 Å². The molecule has 136 valence electrons. The third-order valence-electron chi connectivity index (χ3n) is 5.49. The summed E-state index contributed by atoms with van der Waals surface area (Å²) in [5.74, 6) is 1.55. The second kappa shape index (κ2) is 7.23. The molecule has 2 heterocycles. The van der Waals surface area contributed by atoms with E-state index in [4.69, 9.17) is 0 Å². The summed E-state index contributed by atoms with van der Waals surface area (Å²) in [7, 11) is 0. The van der Waals surface area contributed by atoms with Crippen molar-refractivity contribution in [2.75, 3.05) is 5.75 Å². The number of benzene rings is 1. The Hall–Kier alpha value is -2.15. The fraction of sp³-hybridized carbons (Fsp3) is 0.474. The zero-order chi connectivity index (χ0) is 18.1. The van der Waals surface area contributed by atoms with Crippen LogP contribution in [0.4, 0.5) is 0 Å². The molecule has 0 aliphatic heterocycles. The number of aromatic nitrogens is 4. The molecular weight excluding hydrogens is 346 g/mol. The molecule has 0 spiro atoms. The minimum absolute atomic E-state index is 0.0429. The lowest BCUT2D eigenvalue weighted by Gasteiger charge is -2.34. The SMILES string of the molecule is C[C@H]1[C@@H](NC(=O)CSc2nnc3c(n2)[nH]c2ccccc23)CCC[C@@H]1C. The molecule has 0 bridgehead atoms. The van der Waals surface area contributed by atoms with Gasteiger partial charge in [0.25, 0.3) is 0 Å². The molecule has 2 N–H and O–H groups in total. The summed E-state index contributed by atoms with van der Waals surface area (Å²) in [6.45, 7) is 4.51. The van der Waals surface area contributed by atoms with Gasteiger partial charge in [-0.3, -0.25) is 4.79 Å². The summed E-state index contributed by atoms with van der Waals surface area (Å²) in [6.07, 6.45) is 3.51. The number of H-pyrrole nitrogens is 1. The van der Waals surface area contributed by atoms with Gasteiger partial charge in [-0.05, 0) is 24.3 Å². The Balaban J connectivity index is 1.41. The van der Waals surface area contributed by atoms with Crippen molar-refractivity contribution >= 4 is 39.7 Å². The van der Waals surface area contributed by atoms with Crippen LogP contribution in [0.25, 0.3) is 22.1 Å². The van der Waals surface area contributed by atoms with E-state index in [1.54, 1.807) is 0 Å². The first-order chi connectivity index (χ1) is 12.6. The maximum absolute atomic E-state index is 12.3. The molecule has 4 rings (SSSR count). The maximum atomic E-state index is 12.3. The number of nitrogens with zero attached hydrogens (tertiary/aromatic N) is 3. The van der Waals surface area contributed by atoms with E-state index in [1.807, 2.05) is 24.3 Å². The minimum Gasteiger partial charge on any atom is -0.352 e. The number of carbonyl (C=O) groups excluding carboxylic acids is 1. The van der Waals surface area contributed by atoms with Crippen LogP contribution < -0.4 is 5.32 Å². The number of rotatable bonds is 4. The lowest BCUT2D eigenvalue weighted by atomic mass is 9.78. The van der Waals surface area contributed by atoms with Crippen LogP contribution in [-0.4, -0.2) is 37.9 Å². The third-order valence-corrected chi connectivity index (χ3v) is 6.33. The molecule has 6 nitrogen and oxygen atoms in total. The molecule has 1 aliphatic rings. The highest BCUT2D eigenvalue weighted by molar-refractivity contribution is 7.99. The lowest BCUT2D eigenvalue weighted by Crippen LogP contribution is -2.44. The summed E-state index contributed by atoms with van der Waals surface area (Å²) < 4.78 is 0. The summed E-state index contributed by atoms with van der Waals surface area (Å²) in [6, 6.07) is 8.21. The minimum atomic E-state index is 0.0429. The standard InChI is InChI=1S/C19H23N5OS/c1-11-6-5-9-14(12(11)2)20-16(25)10-26-19-22-18-17(23-24-19)13-7-3-4-8-15(13)21-18/h3-4,7-8,11-12,14H,5-6,9-10H2,1-2H3,(H,20,25)(H,21,22,24)/t11-,12+,14-/m0/s1. The average Bonchev–Trinajstić information content (AvgIpc) is 3.01. The van der Waals surface area contributed by atoms with Gasteiger partial charge in [0, 0.05) is 16.9 Å². The van der Waals surface area contributed by atoms with E-state index in [0.717, 1.165) is 22.8 Å². The predicted octanol–water partition coefficient (Wildman–Crippen LogP) is 3.54. The highest BCUT2D eigenvalue weighted by atomic mass is 32.2. The number of nitrogens with one attached hydrogen (secondary N) is 2. The van der Waals surface area contributed by atoms with E-state index in [1.165, 1.54) is 24.6 Å². The summed E-state index contributed by atoms with van der Waals surface area (Å²) >= 11 is 1.33. The van der Waals surface area contributed by atoms with Crippen LogP contribution >= 0.6 is 11.8 Å². The monoisotopic (exact) mass is 369 g/mol. The van der Waals surface area contributed by atoms with Crippen LogP contribution in [0.1, 0.15) is 33.1 Å². The average molecular weight is 369 g/mol. The molecule has 7 heteroatoms. The molecule has 1 aromatic carbocycles. The van der Waals surface area contributed by atoms with Crippen molar-refractivity contribution in [3.63, 3.8) is 0 Å². The number of para-hydroxylation sites is 1. The van der Waals surface area contributed by atoms with Crippen molar-refractivity contribution in [1.29, 1.82) is 0 Å². The molecule has 0 unspecified atom stereocenters. The molecule has 0 radical (unpaired) electrons. The highest BCUT2D eigenvalue weighted by Gasteiger charge is 2.28. The van der Waals surface area contributed by atoms with Crippen LogP contribution in [0.5, 0.6) is 0 Å². The zero-order valence-corrected chi connectivity index (χ0v) is 15.8. The third kappa shape index (κ3) is 3.40. The molecule has 1 fully saturated rings. The summed E-state index contributed by atoms with van der Waals surface area (Å²) in [5.41, 5.74) is 2.46. The Morgan fingerprint density at radius 2 is 2.12 bits per heavy atom. The Morgan fingerprint density at radius 3 is 3.00 bits per heavy atom. The maximum Gasteiger partial charge on any atom is 0.230 e. The Morgan fingerprint density at radius 1 is 1.27 bits per heavy atom. The van der Waals surface area contributed by atoms with Crippen LogP contribution in [0.3, 0.4) is 0 Å². The number of carbonyl (C=O) groups is 1. The van der Waals surface area contributed by atoms with Crippen LogP contribution in [0.2, 0.25) is 0 Å². The second-order valence-corrected chi connectivity index (χ2v) is 8.13. The van der Waals surface area contributed by atoms with Gasteiger partial charge >= 0.3 is 0 Å². The molecule has 3 aromatic rings. The summed E-state index contributed by atoms with van der Waals surface area (Å²) in [4.78, 5) is 20.1.